The van der Waals surface area contributed by atoms with Gasteiger partial charge in [-0.25, -0.2) is 17.2 Å². The number of hydrogen-bond acceptors (Lipinski definition) is 4. The van der Waals surface area contributed by atoms with E-state index < -0.39 is 33.6 Å². The number of nitriles is 1. The van der Waals surface area contributed by atoms with E-state index in [4.69, 9.17) is 0 Å². The maximum Gasteiger partial charge on any atom is 0.261 e. The number of carbonyl (C=O) groups excluding carboxylic acids is 1. The lowest BCUT2D eigenvalue weighted by molar-refractivity contribution is 0.0944. The molecule has 3 aromatic carbocycles. The largest absolute Gasteiger partial charge is 0.332 e. The van der Waals surface area contributed by atoms with Crippen LogP contribution in [0.15, 0.2) is 77.7 Å². The Morgan fingerprint density at radius 3 is 2.17 bits per heavy atom. The Morgan fingerprint density at radius 1 is 0.933 bits per heavy atom. The van der Waals surface area contributed by atoms with Crippen molar-refractivity contribution in [3.05, 3.63) is 95.6 Å². The Hall–Kier alpha value is -3.77. The normalized spacial score (nSPS) is 11.9. The Morgan fingerprint density at radius 2 is 1.57 bits per heavy atom. The van der Waals surface area contributed by atoms with Crippen LogP contribution in [0.5, 0.6) is 0 Å². The molecular formula is C21H15F2N3O3S. The summed E-state index contributed by atoms with van der Waals surface area (Å²) in [6.07, 6.45) is 0. The van der Waals surface area contributed by atoms with Crippen LogP contribution in [0.1, 0.15) is 22.0 Å². The van der Waals surface area contributed by atoms with Crippen molar-refractivity contribution in [3.63, 3.8) is 0 Å². The van der Waals surface area contributed by atoms with Gasteiger partial charge in [0.1, 0.15) is 17.7 Å². The van der Waals surface area contributed by atoms with Crippen molar-refractivity contribution in [3.8, 4) is 6.07 Å². The van der Waals surface area contributed by atoms with E-state index >= 15 is 0 Å². The van der Waals surface area contributed by atoms with Crippen LogP contribution in [-0.2, 0) is 10.0 Å². The fourth-order valence-electron chi connectivity index (χ4n) is 2.62. The van der Waals surface area contributed by atoms with Gasteiger partial charge in [-0.05, 0) is 54.6 Å². The predicted molar refractivity (Wildman–Crippen MR) is 106 cm³/mol. The van der Waals surface area contributed by atoms with E-state index in [0.717, 1.165) is 24.3 Å². The number of sulfonamides is 1. The maximum absolute atomic E-state index is 13.9. The molecule has 0 spiro atoms. The number of halogens is 2. The molecule has 0 aliphatic rings. The molecule has 1 unspecified atom stereocenters. The van der Waals surface area contributed by atoms with Crippen molar-refractivity contribution in [1.29, 1.82) is 5.26 Å². The summed E-state index contributed by atoms with van der Waals surface area (Å²) in [4.78, 5) is 12.3. The minimum atomic E-state index is -3.93. The molecule has 0 aliphatic heterocycles. The van der Waals surface area contributed by atoms with Crippen LogP contribution >= 0.6 is 0 Å². The molecule has 152 valence electrons. The van der Waals surface area contributed by atoms with Crippen molar-refractivity contribution in [1.82, 2.24) is 5.32 Å². The average Bonchev–Trinajstić information content (AvgIpc) is 2.73. The van der Waals surface area contributed by atoms with Gasteiger partial charge in [0.2, 0.25) is 0 Å². The molecule has 0 aromatic heterocycles. The van der Waals surface area contributed by atoms with E-state index in [1.165, 1.54) is 42.5 Å². The molecule has 1 atom stereocenters. The van der Waals surface area contributed by atoms with Crippen molar-refractivity contribution < 1.29 is 22.0 Å². The topological polar surface area (TPSA) is 99.1 Å². The number of carbonyl (C=O) groups is 1. The van der Waals surface area contributed by atoms with Gasteiger partial charge in [0, 0.05) is 16.8 Å². The summed E-state index contributed by atoms with van der Waals surface area (Å²) in [5, 5.41) is 11.7. The molecule has 0 bridgehead atoms. The average molecular weight is 427 g/mol. The lowest BCUT2D eigenvalue weighted by Gasteiger charge is -2.13. The summed E-state index contributed by atoms with van der Waals surface area (Å²) in [6, 6.07) is 16.0. The van der Waals surface area contributed by atoms with E-state index in [0.29, 0.717) is 0 Å². The van der Waals surface area contributed by atoms with E-state index in [9.17, 15) is 27.3 Å². The molecule has 0 heterocycles. The van der Waals surface area contributed by atoms with Crippen LogP contribution in [0.4, 0.5) is 14.5 Å². The number of benzene rings is 3. The number of rotatable bonds is 6. The predicted octanol–water partition coefficient (Wildman–Crippen LogP) is 3.76. The molecule has 0 aliphatic carbocycles. The first-order chi connectivity index (χ1) is 14.3. The van der Waals surface area contributed by atoms with Gasteiger partial charge >= 0.3 is 0 Å². The van der Waals surface area contributed by atoms with Crippen LogP contribution in [0.3, 0.4) is 0 Å². The standard InChI is InChI=1S/C21H15F2N3O3S/c22-15-7-11-17(12-8-15)30(28,29)26-16-9-5-14(6-10-16)21(27)25-20(13-24)18-3-1-2-4-19(18)23/h1-12,20,26H,(H,25,27). The minimum Gasteiger partial charge on any atom is -0.332 e. The quantitative estimate of drug-likeness (QED) is 0.626. The van der Waals surface area contributed by atoms with Gasteiger partial charge in [-0.15, -0.1) is 0 Å². The molecule has 6 nitrogen and oxygen atoms in total. The second-order valence-corrected chi connectivity index (χ2v) is 7.88. The molecule has 30 heavy (non-hydrogen) atoms. The summed E-state index contributed by atoms with van der Waals surface area (Å²) in [6.45, 7) is 0. The molecule has 1 amide bonds. The summed E-state index contributed by atoms with van der Waals surface area (Å²) < 4.78 is 53.8. The number of nitrogens with zero attached hydrogens (tertiary/aromatic N) is 1. The lowest BCUT2D eigenvalue weighted by Crippen LogP contribution is -2.28. The van der Waals surface area contributed by atoms with Crippen LogP contribution in [0.25, 0.3) is 0 Å². The van der Waals surface area contributed by atoms with Crippen molar-refractivity contribution in [2.75, 3.05) is 4.72 Å². The third-order valence-corrected chi connectivity index (χ3v) is 5.54. The Bertz CT molecular complexity index is 1210. The highest BCUT2D eigenvalue weighted by Gasteiger charge is 2.19. The molecule has 0 saturated carbocycles. The van der Waals surface area contributed by atoms with Crippen molar-refractivity contribution in [2.24, 2.45) is 0 Å². The highest BCUT2D eigenvalue weighted by Crippen LogP contribution is 2.19. The third kappa shape index (κ3) is 4.79. The van der Waals surface area contributed by atoms with Gasteiger partial charge in [0.05, 0.1) is 11.0 Å². The molecular weight excluding hydrogens is 412 g/mol. The molecule has 0 fully saturated rings. The summed E-state index contributed by atoms with van der Waals surface area (Å²) in [7, 11) is -3.93. The van der Waals surface area contributed by atoms with Crippen LogP contribution < -0.4 is 10.0 Å². The highest BCUT2D eigenvalue weighted by molar-refractivity contribution is 7.92. The van der Waals surface area contributed by atoms with Gasteiger partial charge in [0.25, 0.3) is 15.9 Å². The first kappa shape index (κ1) is 21.0. The number of anilines is 1. The van der Waals surface area contributed by atoms with Gasteiger partial charge in [-0.1, -0.05) is 18.2 Å². The smallest absolute Gasteiger partial charge is 0.261 e. The van der Waals surface area contributed by atoms with Crippen molar-refractivity contribution in [2.45, 2.75) is 10.9 Å². The minimum absolute atomic E-state index is 0.0389. The van der Waals surface area contributed by atoms with Gasteiger partial charge in [0.15, 0.2) is 0 Å². The zero-order valence-electron chi connectivity index (χ0n) is 15.3. The maximum atomic E-state index is 13.9. The van der Waals surface area contributed by atoms with Gasteiger partial charge < -0.3 is 5.32 Å². The molecule has 0 saturated heterocycles. The Balaban J connectivity index is 1.72. The molecule has 2 N–H and O–H groups in total. The van der Waals surface area contributed by atoms with Gasteiger partial charge in [-0.2, -0.15) is 5.26 Å². The summed E-state index contributed by atoms with van der Waals surface area (Å²) >= 11 is 0. The Labute approximate surface area is 171 Å². The van der Waals surface area contributed by atoms with Gasteiger partial charge in [-0.3, -0.25) is 9.52 Å². The van der Waals surface area contributed by atoms with Crippen molar-refractivity contribution >= 4 is 21.6 Å². The first-order valence-electron chi connectivity index (χ1n) is 8.63. The third-order valence-electron chi connectivity index (χ3n) is 4.14. The van der Waals surface area contributed by atoms with Crippen LogP contribution in [-0.4, -0.2) is 14.3 Å². The molecule has 0 radical (unpaired) electrons. The number of amides is 1. The highest BCUT2D eigenvalue weighted by atomic mass is 32.2. The first-order valence-corrected chi connectivity index (χ1v) is 10.1. The molecule has 3 aromatic rings. The molecule has 9 heteroatoms. The van der Waals surface area contributed by atoms with Crippen LogP contribution in [0, 0.1) is 23.0 Å². The summed E-state index contributed by atoms with van der Waals surface area (Å²) in [5.41, 5.74) is 0.371. The van der Waals surface area contributed by atoms with E-state index in [1.807, 2.05) is 6.07 Å². The zero-order valence-corrected chi connectivity index (χ0v) is 16.2. The fourth-order valence-corrected chi connectivity index (χ4v) is 3.68. The molecule has 3 rings (SSSR count). The zero-order chi connectivity index (χ0) is 21.7. The van der Waals surface area contributed by atoms with Crippen LogP contribution in [0.2, 0.25) is 0 Å². The second kappa shape index (κ2) is 8.71. The Kier molecular flexibility index (Phi) is 6.09. The number of nitrogens with one attached hydrogen (secondary N) is 2. The van der Waals surface area contributed by atoms with E-state index in [-0.39, 0.29) is 21.7 Å². The lowest BCUT2D eigenvalue weighted by atomic mass is 10.1. The van der Waals surface area contributed by atoms with E-state index in [2.05, 4.69) is 10.0 Å². The number of hydrogen-bond donors (Lipinski definition) is 2. The van der Waals surface area contributed by atoms with E-state index in [1.54, 1.807) is 6.07 Å². The second-order valence-electron chi connectivity index (χ2n) is 6.19. The monoisotopic (exact) mass is 427 g/mol. The fraction of sp³-hybridized carbons (Fsp3) is 0.0476. The SMILES string of the molecule is N#CC(NC(=O)c1ccc(NS(=O)(=O)c2ccc(F)cc2)cc1)c1ccccc1F. The summed E-state index contributed by atoms with van der Waals surface area (Å²) in [5.74, 6) is -1.80.